The Bertz CT molecular complexity index is 112. The van der Waals surface area contributed by atoms with E-state index in [4.69, 9.17) is 0 Å². The predicted molar refractivity (Wildman–Crippen MR) is 33.0 cm³/mol. The van der Waals surface area contributed by atoms with Gasteiger partial charge in [-0.1, -0.05) is 13.8 Å². The number of nitrogens with one attached hydrogen (secondary N) is 1. The van der Waals surface area contributed by atoms with Crippen molar-refractivity contribution in [2.75, 3.05) is 6.61 Å². The SMILES string of the molecule is CC.O=C1COC(=O)N1.[HH]. The van der Waals surface area contributed by atoms with Gasteiger partial charge in [0.15, 0.2) is 6.61 Å². The van der Waals surface area contributed by atoms with Crippen LogP contribution in [-0.4, -0.2) is 18.6 Å². The fourth-order valence-electron chi connectivity index (χ4n) is 0.317. The summed E-state index contributed by atoms with van der Waals surface area (Å²) in [5.74, 6) is -0.370. The van der Waals surface area contributed by atoms with Crippen molar-refractivity contribution in [3.05, 3.63) is 0 Å². The molecule has 1 heterocycles. The number of cyclic esters (lactones) is 1. The smallest absolute Gasteiger partial charge is 0.414 e. The van der Waals surface area contributed by atoms with E-state index in [2.05, 4.69) is 4.74 Å². The average molecular weight is 133 g/mol. The van der Waals surface area contributed by atoms with E-state index in [0.717, 1.165) is 0 Å². The number of alkyl carbamates (subject to hydrolysis) is 1. The van der Waals surface area contributed by atoms with Crippen molar-refractivity contribution in [1.82, 2.24) is 5.32 Å². The quantitative estimate of drug-likeness (QED) is 0.524. The number of amides is 2. The highest BCUT2D eigenvalue weighted by molar-refractivity contribution is 5.97. The van der Waals surface area contributed by atoms with Gasteiger partial charge >= 0.3 is 6.09 Å². The minimum Gasteiger partial charge on any atom is -0.439 e. The van der Waals surface area contributed by atoms with Crippen LogP contribution in [0.25, 0.3) is 0 Å². The Balaban J connectivity index is 0. The normalized spacial score (nSPS) is 15.3. The van der Waals surface area contributed by atoms with Gasteiger partial charge in [-0.05, 0) is 0 Å². The molecule has 54 valence electrons. The van der Waals surface area contributed by atoms with Gasteiger partial charge in [0.25, 0.3) is 5.91 Å². The van der Waals surface area contributed by atoms with Crippen LogP contribution in [0.3, 0.4) is 0 Å². The molecular weight excluding hydrogens is 122 g/mol. The van der Waals surface area contributed by atoms with Crippen molar-refractivity contribution in [2.24, 2.45) is 0 Å². The second-order valence-corrected chi connectivity index (χ2v) is 1.12. The standard InChI is InChI=1S/C3H3NO3.C2H6.H2/c5-2-1-7-3(6)4-2;1-2;/h1H2,(H,4,5,6);1-2H3;1H. The highest BCUT2D eigenvalue weighted by Crippen LogP contribution is 1.85. The molecule has 0 saturated carbocycles. The van der Waals surface area contributed by atoms with E-state index >= 15 is 0 Å². The van der Waals surface area contributed by atoms with Crippen molar-refractivity contribution < 1.29 is 15.8 Å². The molecule has 0 spiro atoms. The molecule has 0 bridgehead atoms. The molecule has 0 unspecified atom stereocenters. The Kier molecular flexibility index (Phi) is 3.43. The molecule has 9 heavy (non-hydrogen) atoms. The minimum atomic E-state index is -0.648. The zero-order valence-corrected chi connectivity index (χ0v) is 5.43. The number of imide groups is 1. The number of hydrogen-bond donors (Lipinski definition) is 1. The highest BCUT2D eigenvalue weighted by atomic mass is 16.6. The van der Waals surface area contributed by atoms with E-state index in [0.29, 0.717) is 0 Å². The lowest BCUT2D eigenvalue weighted by atomic mass is 10.7. The van der Waals surface area contributed by atoms with Crippen LogP contribution < -0.4 is 5.32 Å². The van der Waals surface area contributed by atoms with Crippen molar-refractivity contribution in [2.45, 2.75) is 13.8 Å². The second kappa shape index (κ2) is 3.88. The molecular formula is C5H11NO3. The minimum absolute atomic E-state index is 0. The molecule has 0 atom stereocenters. The zero-order valence-electron chi connectivity index (χ0n) is 5.43. The van der Waals surface area contributed by atoms with Crippen molar-refractivity contribution >= 4 is 12.0 Å². The summed E-state index contributed by atoms with van der Waals surface area (Å²) in [6, 6.07) is 0. The third kappa shape index (κ3) is 2.69. The lowest BCUT2D eigenvalue weighted by molar-refractivity contribution is -0.119. The van der Waals surface area contributed by atoms with Gasteiger partial charge in [-0.2, -0.15) is 0 Å². The number of carbonyl (C=O) groups is 2. The number of carbonyl (C=O) groups excluding carboxylic acids is 2. The van der Waals surface area contributed by atoms with Gasteiger partial charge in [0.2, 0.25) is 0 Å². The summed E-state index contributed by atoms with van der Waals surface area (Å²) in [6.07, 6.45) is -0.648. The summed E-state index contributed by atoms with van der Waals surface area (Å²) in [6.45, 7) is 3.87. The maximum absolute atomic E-state index is 10.00. The highest BCUT2D eigenvalue weighted by Gasteiger charge is 2.17. The van der Waals surface area contributed by atoms with E-state index in [1.807, 2.05) is 19.2 Å². The molecule has 2 amide bonds. The monoisotopic (exact) mass is 133 g/mol. The summed E-state index contributed by atoms with van der Waals surface area (Å²) < 4.78 is 4.17. The summed E-state index contributed by atoms with van der Waals surface area (Å²) in [7, 11) is 0. The molecule has 0 aromatic carbocycles. The fourth-order valence-corrected chi connectivity index (χ4v) is 0.317. The van der Waals surface area contributed by atoms with Crippen LogP contribution in [0.1, 0.15) is 15.3 Å². The maximum Gasteiger partial charge on any atom is 0.414 e. The van der Waals surface area contributed by atoms with E-state index in [-0.39, 0.29) is 13.9 Å². The molecule has 1 rings (SSSR count). The molecule has 0 aliphatic carbocycles. The number of ether oxygens (including phenoxy) is 1. The zero-order chi connectivity index (χ0) is 7.28. The van der Waals surface area contributed by atoms with Crippen LogP contribution in [0, 0.1) is 0 Å². The number of rotatable bonds is 0. The lowest BCUT2D eigenvalue weighted by Gasteiger charge is -1.78. The molecule has 0 radical (unpaired) electrons. The van der Waals surface area contributed by atoms with Gasteiger partial charge in [0.05, 0.1) is 0 Å². The van der Waals surface area contributed by atoms with Gasteiger partial charge in [-0.15, -0.1) is 0 Å². The van der Waals surface area contributed by atoms with Gasteiger partial charge in [0, 0.05) is 1.43 Å². The molecule has 4 nitrogen and oxygen atoms in total. The molecule has 1 saturated heterocycles. The summed E-state index contributed by atoms with van der Waals surface area (Å²) in [4.78, 5) is 19.9. The Morgan fingerprint density at radius 2 is 2.11 bits per heavy atom. The molecule has 0 aromatic rings. The molecule has 4 heteroatoms. The fraction of sp³-hybridized carbons (Fsp3) is 0.600. The van der Waals surface area contributed by atoms with Gasteiger partial charge < -0.3 is 4.74 Å². The third-order valence-electron chi connectivity index (χ3n) is 0.576. The molecule has 1 fully saturated rings. The van der Waals surface area contributed by atoms with Gasteiger partial charge in [-0.3, -0.25) is 10.1 Å². The first kappa shape index (κ1) is 7.94. The Morgan fingerprint density at radius 3 is 2.22 bits per heavy atom. The summed E-state index contributed by atoms with van der Waals surface area (Å²) in [5, 5.41) is 1.92. The lowest BCUT2D eigenvalue weighted by Crippen LogP contribution is -2.18. The van der Waals surface area contributed by atoms with Crippen molar-refractivity contribution in [1.29, 1.82) is 0 Å². The third-order valence-corrected chi connectivity index (χ3v) is 0.576. The van der Waals surface area contributed by atoms with Crippen molar-refractivity contribution in [3.63, 3.8) is 0 Å². The topological polar surface area (TPSA) is 55.4 Å². The van der Waals surface area contributed by atoms with Crippen LogP contribution in [0.5, 0.6) is 0 Å². The molecule has 1 aliphatic rings. The van der Waals surface area contributed by atoms with Crippen LogP contribution in [-0.2, 0) is 9.53 Å². The van der Waals surface area contributed by atoms with Gasteiger partial charge in [0.1, 0.15) is 0 Å². The summed E-state index contributed by atoms with van der Waals surface area (Å²) >= 11 is 0. The Hall–Kier alpha value is -1.06. The Labute approximate surface area is 54.7 Å². The van der Waals surface area contributed by atoms with Crippen LogP contribution in [0.4, 0.5) is 4.79 Å². The molecule has 0 aromatic heterocycles. The van der Waals surface area contributed by atoms with E-state index in [9.17, 15) is 9.59 Å². The van der Waals surface area contributed by atoms with E-state index in [1.165, 1.54) is 0 Å². The summed E-state index contributed by atoms with van der Waals surface area (Å²) in [5.41, 5.74) is 0. The van der Waals surface area contributed by atoms with Crippen molar-refractivity contribution in [3.8, 4) is 0 Å². The second-order valence-electron chi connectivity index (χ2n) is 1.12. The van der Waals surface area contributed by atoms with Crippen LogP contribution in [0.2, 0.25) is 0 Å². The molecule has 1 aliphatic heterocycles. The van der Waals surface area contributed by atoms with E-state index < -0.39 is 6.09 Å². The predicted octanol–water partition coefficient (Wildman–Crippen LogP) is 0.525. The van der Waals surface area contributed by atoms with Crippen LogP contribution in [0.15, 0.2) is 0 Å². The van der Waals surface area contributed by atoms with Crippen LogP contribution >= 0.6 is 0 Å². The largest absolute Gasteiger partial charge is 0.439 e. The average Bonchev–Trinajstić information content (AvgIpc) is 2.20. The Morgan fingerprint density at radius 1 is 1.56 bits per heavy atom. The first-order valence-electron chi connectivity index (χ1n) is 2.75. The van der Waals surface area contributed by atoms with Gasteiger partial charge in [-0.25, -0.2) is 4.79 Å². The number of hydrogen-bond acceptors (Lipinski definition) is 3. The maximum atomic E-state index is 10.00. The first-order valence-corrected chi connectivity index (χ1v) is 2.75. The first-order chi connectivity index (χ1) is 4.29. The molecule has 1 N–H and O–H groups in total. The van der Waals surface area contributed by atoms with E-state index in [1.54, 1.807) is 0 Å².